The predicted octanol–water partition coefficient (Wildman–Crippen LogP) is 8.48. The number of anilines is 1. The van der Waals surface area contributed by atoms with Gasteiger partial charge in [-0.1, -0.05) is 86.1 Å². The first-order valence-corrected chi connectivity index (χ1v) is 15.3. The molecule has 0 aromatic heterocycles. The van der Waals surface area contributed by atoms with Crippen LogP contribution in [0.2, 0.25) is 0 Å². The van der Waals surface area contributed by atoms with E-state index in [0.29, 0.717) is 6.54 Å². The highest BCUT2D eigenvalue weighted by molar-refractivity contribution is 7.99. The van der Waals surface area contributed by atoms with Crippen LogP contribution in [0.5, 0.6) is 0 Å². The number of amides is 2. The van der Waals surface area contributed by atoms with Gasteiger partial charge in [-0.25, -0.2) is 0 Å². The molecule has 0 aliphatic rings. The quantitative estimate of drug-likeness (QED) is 0.152. The molecule has 4 rings (SSSR count). The highest BCUT2D eigenvalue weighted by Crippen LogP contribution is 2.25. The molecule has 0 radical (unpaired) electrons. The Morgan fingerprint density at radius 1 is 0.744 bits per heavy atom. The molecule has 0 spiro atoms. The maximum Gasteiger partial charge on any atom is 0.256 e. The molecular formula is C33H36N2O2S2. The number of unbranched alkanes of at least 4 members (excludes halogenated alkanes) is 1. The number of para-hydroxylation sites is 1. The molecule has 0 bridgehead atoms. The van der Waals surface area contributed by atoms with Crippen LogP contribution in [0.3, 0.4) is 0 Å². The van der Waals surface area contributed by atoms with E-state index in [1.165, 1.54) is 12.8 Å². The second-order valence-corrected chi connectivity index (χ2v) is 10.8. The van der Waals surface area contributed by atoms with Gasteiger partial charge in [-0.15, -0.1) is 23.5 Å². The van der Waals surface area contributed by atoms with Crippen LogP contribution in [-0.4, -0.2) is 23.8 Å². The lowest BCUT2D eigenvalue weighted by atomic mass is 10.1. The van der Waals surface area contributed by atoms with Crippen molar-refractivity contribution in [3.8, 4) is 0 Å². The van der Waals surface area contributed by atoms with Gasteiger partial charge in [0.15, 0.2) is 0 Å². The first-order chi connectivity index (χ1) is 19.0. The van der Waals surface area contributed by atoms with E-state index in [-0.39, 0.29) is 11.8 Å². The zero-order valence-corrected chi connectivity index (χ0v) is 24.4. The molecule has 0 fully saturated rings. The summed E-state index contributed by atoms with van der Waals surface area (Å²) in [7, 11) is 0. The van der Waals surface area contributed by atoms with Gasteiger partial charge in [0.05, 0.1) is 11.1 Å². The molecule has 2 N–H and O–H groups in total. The molecule has 0 aliphatic heterocycles. The second kappa shape index (κ2) is 16.5. The van der Waals surface area contributed by atoms with Crippen LogP contribution >= 0.6 is 23.5 Å². The number of hydrogen-bond donors (Lipinski definition) is 2. The van der Waals surface area contributed by atoms with E-state index in [2.05, 4.69) is 17.6 Å². The fourth-order valence-corrected chi connectivity index (χ4v) is 5.72. The van der Waals surface area contributed by atoms with Gasteiger partial charge in [-0.3, -0.25) is 9.59 Å². The average Bonchev–Trinajstić information content (AvgIpc) is 2.97. The molecule has 0 saturated heterocycles. The predicted molar refractivity (Wildman–Crippen MR) is 167 cm³/mol. The number of carbonyl (C=O) groups is 2. The third kappa shape index (κ3) is 9.65. The zero-order valence-electron chi connectivity index (χ0n) is 22.8. The number of nitrogens with one attached hydrogen (secondary N) is 2. The molecule has 0 unspecified atom stereocenters. The molecule has 4 nitrogen and oxygen atoms in total. The smallest absolute Gasteiger partial charge is 0.256 e. The lowest BCUT2D eigenvalue weighted by Crippen LogP contribution is -2.23. The summed E-state index contributed by atoms with van der Waals surface area (Å²) in [5, 5.41) is 5.90. The number of aryl methyl sites for hydroxylation is 1. The molecule has 4 aromatic rings. The van der Waals surface area contributed by atoms with Crippen molar-refractivity contribution in [3.63, 3.8) is 0 Å². The summed E-state index contributed by atoms with van der Waals surface area (Å²) in [5.74, 6) is 0.993. The average molecular weight is 557 g/mol. The SMILES string of the molecule is CCCCSc1ccccc1C(=O)NCc1ccccc1.CSc1c(C)cccc1C(=O)Nc1ccccc1. The standard InChI is InChI=1S/C18H21NOS.C15H15NOS/c1-2-3-13-21-17-12-8-7-11-16(17)18(20)19-14-15-9-5-4-6-10-15;1-11-7-6-10-13(14(11)18-2)15(17)16-12-8-4-3-5-9-12/h4-12H,2-3,13-14H2,1H3,(H,19,20);3-10H,1-2H3,(H,16,17). The van der Waals surface area contributed by atoms with Crippen molar-refractivity contribution in [2.24, 2.45) is 0 Å². The highest BCUT2D eigenvalue weighted by Gasteiger charge is 2.13. The van der Waals surface area contributed by atoms with Gasteiger partial charge in [-0.2, -0.15) is 0 Å². The van der Waals surface area contributed by atoms with Crippen LogP contribution in [0.25, 0.3) is 0 Å². The Morgan fingerprint density at radius 2 is 1.38 bits per heavy atom. The van der Waals surface area contributed by atoms with E-state index < -0.39 is 0 Å². The summed E-state index contributed by atoms with van der Waals surface area (Å²) in [5.41, 5.74) is 4.56. The van der Waals surface area contributed by atoms with Crippen molar-refractivity contribution in [3.05, 3.63) is 125 Å². The van der Waals surface area contributed by atoms with Gasteiger partial charge >= 0.3 is 0 Å². The number of rotatable bonds is 10. The number of hydrogen-bond acceptors (Lipinski definition) is 4. The van der Waals surface area contributed by atoms with Crippen LogP contribution < -0.4 is 10.6 Å². The monoisotopic (exact) mass is 556 g/mol. The van der Waals surface area contributed by atoms with Crippen molar-refractivity contribution in [2.45, 2.75) is 43.0 Å². The maximum absolute atomic E-state index is 12.3. The van der Waals surface area contributed by atoms with Crippen molar-refractivity contribution >= 4 is 41.0 Å². The van der Waals surface area contributed by atoms with Crippen molar-refractivity contribution in [1.82, 2.24) is 5.32 Å². The first kappa shape index (κ1) is 30.1. The summed E-state index contributed by atoms with van der Waals surface area (Å²) in [6.07, 6.45) is 4.33. The molecule has 6 heteroatoms. The lowest BCUT2D eigenvalue weighted by Gasteiger charge is -2.10. The second-order valence-electron chi connectivity index (χ2n) is 8.84. The summed E-state index contributed by atoms with van der Waals surface area (Å²) in [4.78, 5) is 26.7. The van der Waals surface area contributed by atoms with Crippen LogP contribution in [0.4, 0.5) is 5.69 Å². The van der Waals surface area contributed by atoms with E-state index in [1.807, 2.05) is 116 Å². The first-order valence-electron chi connectivity index (χ1n) is 13.1. The third-order valence-corrected chi connectivity index (χ3v) is 7.99. The van der Waals surface area contributed by atoms with Crippen LogP contribution in [0.15, 0.2) is 113 Å². The largest absolute Gasteiger partial charge is 0.348 e. The van der Waals surface area contributed by atoms with E-state index in [4.69, 9.17) is 0 Å². The summed E-state index contributed by atoms with van der Waals surface area (Å²) >= 11 is 3.36. The minimum Gasteiger partial charge on any atom is -0.348 e. The van der Waals surface area contributed by atoms with Crippen molar-refractivity contribution in [1.29, 1.82) is 0 Å². The fourth-order valence-electron chi connectivity index (χ4n) is 3.80. The van der Waals surface area contributed by atoms with Crippen LogP contribution in [-0.2, 0) is 6.54 Å². The molecule has 0 saturated carbocycles. The Bertz CT molecular complexity index is 1330. The Labute approximate surface area is 241 Å². The Morgan fingerprint density at radius 3 is 2.08 bits per heavy atom. The number of carbonyl (C=O) groups excluding carboxylic acids is 2. The van der Waals surface area contributed by atoms with E-state index in [0.717, 1.165) is 43.5 Å². The third-order valence-electron chi connectivity index (χ3n) is 5.88. The maximum atomic E-state index is 12.3. The molecular weight excluding hydrogens is 521 g/mol. The van der Waals surface area contributed by atoms with E-state index >= 15 is 0 Å². The van der Waals surface area contributed by atoms with Gasteiger partial charge in [0.2, 0.25) is 0 Å². The minimum atomic E-state index is -0.0609. The highest BCUT2D eigenvalue weighted by atomic mass is 32.2. The van der Waals surface area contributed by atoms with E-state index in [1.54, 1.807) is 23.5 Å². The molecule has 0 heterocycles. The zero-order chi connectivity index (χ0) is 27.9. The number of thioether (sulfide) groups is 2. The Kier molecular flexibility index (Phi) is 12.7. The van der Waals surface area contributed by atoms with E-state index in [9.17, 15) is 9.59 Å². The van der Waals surface area contributed by atoms with Crippen LogP contribution in [0.1, 0.15) is 51.6 Å². The molecule has 0 aliphatic carbocycles. The molecule has 0 atom stereocenters. The van der Waals surface area contributed by atoms with Gasteiger partial charge in [0, 0.05) is 22.0 Å². The summed E-state index contributed by atoms with van der Waals surface area (Å²) in [6, 6.07) is 33.1. The summed E-state index contributed by atoms with van der Waals surface area (Å²) in [6.45, 7) is 4.76. The summed E-state index contributed by atoms with van der Waals surface area (Å²) < 4.78 is 0. The minimum absolute atomic E-state index is 0.00143. The van der Waals surface area contributed by atoms with Gasteiger partial charge < -0.3 is 10.6 Å². The molecule has 39 heavy (non-hydrogen) atoms. The fraction of sp³-hybridized carbons (Fsp3) is 0.212. The molecule has 202 valence electrons. The van der Waals surface area contributed by atoms with Crippen molar-refractivity contribution < 1.29 is 9.59 Å². The molecule has 4 aromatic carbocycles. The Hall–Kier alpha value is -3.48. The lowest BCUT2D eigenvalue weighted by molar-refractivity contribution is 0.0947. The van der Waals surface area contributed by atoms with Gasteiger partial charge in [0.25, 0.3) is 11.8 Å². The normalized spacial score (nSPS) is 10.2. The van der Waals surface area contributed by atoms with Gasteiger partial charge in [0.1, 0.15) is 0 Å². The van der Waals surface area contributed by atoms with Crippen LogP contribution in [0, 0.1) is 6.92 Å². The topological polar surface area (TPSA) is 58.2 Å². The number of benzene rings is 4. The molecule has 2 amide bonds. The van der Waals surface area contributed by atoms with Gasteiger partial charge in [-0.05, 0) is 66.8 Å². The Balaban J connectivity index is 0.000000218. The van der Waals surface area contributed by atoms with Crippen molar-refractivity contribution in [2.75, 3.05) is 17.3 Å².